The molecule has 0 bridgehead atoms. The molecule has 2 aromatic heterocycles. The fourth-order valence-corrected chi connectivity index (χ4v) is 2.24. The lowest BCUT2D eigenvalue weighted by molar-refractivity contribution is 0.100. The monoisotopic (exact) mass is 245 g/mol. The predicted molar refractivity (Wildman–Crippen MR) is 67.1 cm³/mol. The van der Waals surface area contributed by atoms with Crippen LogP contribution in [-0.4, -0.2) is 15.9 Å². The van der Waals surface area contributed by atoms with Crippen LogP contribution in [0.4, 0.5) is 0 Å². The van der Waals surface area contributed by atoms with Crippen molar-refractivity contribution in [3.63, 3.8) is 0 Å². The standard InChI is InChI=1S/C12H8ClN3O/c13-11-9-6-3-1-2-4-8(6)16-10(9)7(5-15-11)12(14)17/h1-5,16H,(H2,14,17). The number of nitrogens with zero attached hydrogens (tertiary/aromatic N) is 1. The first-order valence-electron chi connectivity index (χ1n) is 5.03. The quantitative estimate of drug-likeness (QED) is 0.647. The fourth-order valence-electron chi connectivity index (χ4n) is 2.00. The smallest absolute Gasteiger partial charge is 0.252 e. The molecular formula is C12H8ClN3O. The molecule has 0 aliphatic carbocycles. The molecule has 1 aromatic carbocycles. The summed E-state index contributed by atoms with van der Waals surface area (Å²) in [6.45, 7) is 0. The van der Waals surface area contributed by atoms with Crippen molar-refractivity contribution in [2.45, 2.75) is 0 Å². The molecule has 17 heavy (non-hydrogen) atoms. The number of aromatic amines is 1. The molecule has 0 fully saturated rings. The number of nitrogens with two attached hydrogens (primary N) is 1. The number of para-hydroxylation sites is 1. The molecule has 0 aliphatic rings. The summed E-state index contributed by atoms with van der Waals surface area (Å²) in [4.78, 5) is 18.5. The molecule has 4 nitrogen and oxygen atoms in total. The zero-order valence-electron chi connectivity index (χ0n) is 8.70. The highest BCUT2D eigenvalue weighted by Gasteiger charge is 2.14. The number of amides is 1. The summed E-state index contributed by atoms with van der Waals surface area (Å²) in [5, 5.41) is 2.03. The van der Waals surface area contributed by atoms with Gasteiger partial charge in [0.1, 0.15) is 5.15 Å². The Labute approximate surface area is 101 Å². The van der Waals surface area contributed by atoms with E-state index in [0.717, 1.165) is 16.3 Å². The van der Waals surface area contributed by atoms with E-state index in [-0.39, 0.29) is 0 Å². The highest BCUT2D eigenvalue weighted by atomic mass is 35.5. The summed E-state index contributed by atoms with van der Waals surface area (Å²) in [7, 11) is 0. The van der Waals surface area contributed by atoms with Gasteiger partial charge in [-0.15, -0.1) is 0 Å². The zero-order valence-corrected chi connectivity index (χ0v) is 9.45. The van der Waals surface area contributed by atoms with Crippen molar-refractivity contribution in [2.24, 2.45) is 5.73 Å². The topological polar surface area (TPSA) is 71.8 Å². The number of primary amides is 1. The second-order valence-corrected chi connectivity index (χ2v) is 4.11. The van der Waals surface area contributed by atoms with Gasteiger partial charge >= 0.3 is 0 Å². The number of hydrogen-bond donors (Lipinski definition) is 2. The molecule has 3 rings (SSSR count). The van der Waals surface area contributed by atoms with E-state index in [9.17, 15) is 4.79 Å². The first-order chi connectivity index (χ1) is 8.18. The van der Waals surface area contributed by atoms with Crippen LogP contribution in [0.25, 0.3) is 21.8 Å². The van der Waals surface area contributed by atoms with Gasteiger partial charge < -0.3 is 10.7 Å². The van der Waals surface area contributed by atoms with Crippen LogP contribution >= 0.6 is 11.6 Å². The minimum atomic E-state index is -0.522. The number of carbonyl (C=O) groups is 1. The Hall–Kier alpha value is -2.07. The van der Waals surface area contributed by atoms with Crippen LogP contribution in [0.3, 0.4) is 0 Å². The Bertz CT molecular complexity index is 748. The molecule has 0 spiro atoms. The largest absolute Gasteiger partial charge is 0.365 e. The Morgan fingerprint density at radius 2 is 2.12 bits per heavy atom. The van der Waals surface area contributed by atoms with E-state index in [0.29, 0.717) is 16.2 Å². The first-order valence-corrected chi connectivity index (χ1v) is 5.41. The Morgan fingerprint density at radius 3 is 2.88 bits per heavy atom. The number of nitrogens with one attached hydrogen (secondary N) is 1. The van der Waals surface area contributed by atoms with E-state index >= 15 is 0 Å². The average Bonchev–Trinajstić information content (AvgIpc) is 2.68. The number of hydrogen-bond acceptors (Lipinski definition) is 2. The molecule has 0 saturated heterocycles. The summed E-state index contributed by atoms with van der Waals surface area (Å²) >= 11 is 6.07. The lowest BCUT2D eigenvalue weighted by Gasteiger charge is -1.99. The minimum absolute atomic E-state index is 0.348. The average molecular weight is 246 g/mol. The number of H-pyrrole nitrogens is 1. The lowest BCUT2D eigenvalue weighted by atomic mass is 10.1. The number of rotatable bonds is 1. The second kappa shape index (κ2) is 3.46. The number of benzene rings is 1. The minimum Gasteiger partial charge on any atom is -0.365 e. The second-order valence-electron chi connectivity index (χ2n) is 3.75. The van der Waals surface area contributed by atoms with Crippen molar-refractivity contribution in [2.75, 3.05) is 0 Å². The van der Waals surface area contributed by atoms with Crippen molar-refractivity contribution in [1.29, 1.82) is 0 Å². The van der Waals surface area contributed by atoms with Gasteiger partial charge in [-0.3, -0.25) is 4.79 Å². The summed E-state index contributed by atoms with van der Waals surface area (Å²) in [5.74, 6) is -0.522. The van der Waals surface area contributed by atoms with Gasteiger partial charge in [0, 0.05) is 22.5 Å². The van der Waals surface area contributed by atoms with Gasteiger partial charge in [0.25, 0.3) is 5.91 Å². The maximum atomic E-state index is 11.3. The third kappa shape index (κ3) is 1.38. The van der Waals surface area contributed by atoms with Gasteiger partial charge in [0.05, 0.1) is 11.1 Å². The SMILES string of the molecule is NC(=O)c1cnc(Cl)c2c1[nH]c1ccccc12. The van der Waals surface area contributed by atoms with Crippen LogP contribution in [0, 0.1) is 0 Å². The Kier molecular flexibility index (Phi) is 2.06. The van der Waals surface area contributed by atoms with Crippen LogP contribution < -0.4 is 5.73 Å². The number of aromatic nitrogens is 2. The summed E-state index contributed by atoms with van der Waals surface area (Å²) in [6, 6.07) is 7.65. The number of halogens is 1. The number of fused-ring (bicyclic) bond motifs is 3. The highest BCUT2D eigenvalue weighted by Crippen LogP contribution is 2.31. The third-order valence-electron chi connectivity index (χ3n) is 2.75. The Morgan fingerprint density at radius 1 is 1.35 bits per heavy atom. The number of carbonyl (C=O) groups excluding carboxylic acids is 1. The normalized spacial score (nSPS) is 11.1. The van der Waals surface area contributed by atoms with Crippen molar-refractivity contribution < 1.29 is 4.79 Å². The van der Waals surface area contributed by atoms with Gasteiger partial charge in [0.15, 0.2) is 0 Å². The van der Waals surface area contributed by atoms with Crippen molar-refractivity contribution in [3.05, 3.63) is 41.2 Å². The molecule has 0 radical (unpaired) electrons. The van der Waals surface area contributed by atoms with E-state index in [1.165, 1.54) is 6.20 Å². The zero-order chi connectivity index (χ0) is 12.0. The fraction of sp³-hybridized carbons (Fsp3) is 0. The van der Waals surface area contributed by atoms with Crippen molar-refractivity contribution >= 4 is 39.3 Å². The van der Waals surface area contributed by atoms with E-state index in [4.69, 9.17) is 17.3 Å². The molecule has 0 saturated carbocycles. The predicted octanol–water partition coefficient (Wildman–Crippen LogP) is 2.47. The van der Waals surface area contributed by atoms with Crippen molar-refractivity contribution in [1.82, 2.24) is 9.97 Å². The molecule has 0 aliphatic heterocycles. The molecule has 1 amide bonds. The maximum absolute atomic E-state index is 11.3. The lowest BCUT2D eigenvalue weighted by Crippen LogP contribution is -2.11. The van der Waals surface area contributed by atoms with Crippen LogP contribution in [-0.2, 0) is 0 Å². The van der Waals surface area contributed by atoms with Gasteiger partial charge in [-0.25, -0.2) is 4.98 Å². The highest BCUT2D eigenvalue weighted by molar-refractivity contribution is 6.37. The van der Waals surface area contributed by atoms with E-state index in [1.807, 2.05) is 24.3 Å². The third-order valence-corrected chi connectivity index (χ3v) is 3.04. The molecule has 3 N–H and O–H groups in total. The van der Waals surface area contributed by atoms with Gasteiger partial charge in [0.2, 0.25) is 0 Å². The molecule has 3 aromatic rings. The van der Waals surface area contributed by atoms with E-state index < -0.39 is 5.91 Å². The van der Waals surface area contributed by atoms with Crippen LogP contribution in [0.5, 0.6) is 0 Å². The molecule has 0 unspecified atom stereocenters. The van der Waals surface area contributed by atoms with E-state index in [2.05, 4.69) is 9.97 Å². The van der Waals surface area contributed by atoms with Crippen LogP contribution in [0.2, 0.25) is 5.15 Å². The van der Waals surface area contributed by atoms with Crippen LogP contribution in [0.15, 0.2) is 30.5 Å². The molecule has 84 valence electrons. The van der Waals surface area contributed by atoms with Crippen LogP contribution in [0.1, 0.15) is 10.4 Å². The molecular weight excluding hydrogens is 238 g/mol. The first kappa shape index (κ1) is 10.1. The van der Waals surface area contributed by atoms with Gasteiger partial charge in [-0.1, -0.05) is 29.8 Å². The molecule has 0 atom stereocenters. The summed E-state index contributed by atoms with van der Waals surface area (Å²) in [5.41, 5.74) is 7.20. The van der Waals surface area contributed by atoms with Crippen molar-refractivity contribution in [3.8, 4) is 0 Å². The Balaban J connectivity index is 2.58. The van der Waals surface area contributed by atoms with Gasteiger partial charge in [-0.05, 0) is 6.07 Å². The molecule has 2 heterocycles. The van der Waals surface area contributed by atoms with Gasteiger partial charge in [-0.2, -0.15) is 0 Å². The number of pyridine rings is 1. The molecule has 5 heteroatoms. The summed E-state index contributed by atoms with van der Waals surface area (Å²) < 4.78 is 0. The van der Waals surface area contributed by atoms with E-state index in [1.54, 1.807) is 0 Å². The maximum Gasteiger partial charge on any atom is 0.252 e. The summed E-state index contributed by atoms with van der Waals surface area (Å²) in [6.07, 6.45) is 1.39.